The number of aliphatic hydroxyl groups excluding tert-OH is 1. The molecule has 186 valence electrons. The van der Waals surface area contributed by atoms with Gasteiger partial charge in [0.05, 0.1) is 37.0 Å². The van der Waals surface area contributed by atoms with Crippen LogP contribution >= 0.6 is 11.3 Å². The van der Waals surface area contributed by atoms with Gasteiger partial charge < -0.3 is 15.7 Å². The van der Waals surface area contributed by atoms with Crippen molar-refractivity contribution in [2.45, 2.75) is 55.5 Å². The molecule has 2 amide bonds. The summed E-state index contributed by atoms with van der Waals surface area (Å²) in [5.74, 6) is 0. The van der Waals surface area contributed by atoms with E-state index in [-0.39, 0.29) is 17.0 Å². The Bertz CT molecular complexity index is 1370. The van der Waals surface area contributed by atoms with E-state index in [2.05, 4.69) is 20.9 Å². The number of carbonyl (C=O) groups excluding carboxylic acids is 1. The zero-order chi connectivity index (χ0) is 25.0. The second-order valence-electron chi connectivity index (χ2n) is 9.84. The number of aromatic nitrogens is 1. The van der Waals surface area contributed by atoms with Gasteiger partial charge in [0.2, 0.25) is 0 Å². The number of sulfone groups is 1. The predicted octanol–water partition coefficient (Wildman–Crippen LogP) is 3.88. The van der Waals surface area contributed by atoms with Crippen LogP contribution in [0.4, 0.5) is 21.9 Å². The van der Waals surface area contributed by atoms with Crippen LogP contribution in [0.25, 0.3) is 10.2 Å². The van der Waals surface area contributed by atoms with Crippen LogP contribution in [0.2, 0.25) is 0 Å². The first-order valence-corrected chi connectivity index (χ1v) is 13.9. The maximum Gasteiger partial charge on any atom is 0.331 e. The van der Waals surface area contributed by atoms with Crippen LogP contribution in [-0.2, 0) is 9.84 Å². The highest BCUT2D eigenvalue weighted by Crippen LogP contribution is 2.47. The van der Waals surface area contributed by atoms with Crippen molar-refractivity contribution in [2.75, 3.05) is 23.3 Å². The van der Waals surface area contributed by atoms with Gasteiger partial charge in [-0.2, -0.15) is 0 Å². The van der Waals surface area contributed by atoms with E-state index < -0.39 is 20.8 Å². The summed E-state index contributed by atoms with van der Waals surface area (Å²) in [6.45, 7) is 6.73. The largest absolute Gasteiger partial charge is 0.373 e. The molecule has 2 atom stereocenters. The molecule has 35 heavy (non-hydrogen) atoms. The minimum absolute atomic E-state index is 0.141. The number of rotatable bonds is 5. The lowest BCUT2D eigenvalue weighted by atomic mass is 10.1. The lowest BCUT2D eigenvalue weighted by Gasteiger charge is -2.30. The number of carbonyl (C=O) groups is 1. The first-order chi connectivity index (χ1) is 16.6. The Morgan fingerprint density at radius 2 is 1.97 bits per heavy atom. The van der Waals surface area contributed by atoms with Crippen molar-refractivity contribution in [1.29, 1.82) is 0 Å². The van der Waals surface area contributed by atoms with Gasteiger partial charge in [-0.3, -0.25) is 10.2 Å². The van der Waals surface area contributed by atoms with E-state index in [1.807, 2.05) is 0 Å². The molecule has 2 aliphatic heterocycles. The third-order valence-electron chi connectivity index (χ3n) is 6.42. The number of nitrogens with one attached hydrogen (secondary N) is 3. The lowest BCUT2D eigenvalue weighted by molar-refractivity contribution is 0.120. The Morgan fingerprint density at radius 1 is 1.23 bits per heavy atom. The summed E-state index contributed by atoms with van der Waals surface area (Å²) in [7, 11) is -3.51. The molecule has 4 heterocycles. The molecule has 11 heteroatoms. The molecule has 0 saturated carbocycles. The molecule has 1 aromatic carbocycles. The quantitative estimate of drug-likeness (QED) is 0.380. The molecule has 3 aromatic rings. The zero-order valence-electron chi connectivity index (χ0n) is 19.8. The highest BCUT2D eigenvalue weighted by atomic mass is 32.2. The van der Waals surface area contributed by atoms with Gasteiger partial charge in [0, 0.05) is 18.8 Å². The van der Waals surface area contributed by atoms with Crippen LogP contribution in [0.15, 0.2) is 41.4 Å². The first kappa shape index (κ1) is 24.1. The van der Waals surface area contributed by atoms with E-state index in [0.29, 0.717) is 26.8 Å². The number of urea groups is 1. The average Bonchev–Trinajstić information content (AvgIpc) is 3.19. The fraction of sp³-hybridized carbons (Fsp3) is 0.417. The monoisotopic (exact) mass is 515 g/mol. The van der Waals surface area contributed by atoms with Gasteiger partial charge in [0.1, 0.15) is 11.1 Å². The van der Waals surface area contributed by atoms with E-state index in [1.54, 1.807) is 45.2 Å². The van der Waals surface area contributed by atoms with Gasteiger partial charge in [-0.15, -0.1) is 11.3 Å². The molecule has 0 spiro atoms. The first-order valence-electron chi connectivity index (χ1n) is 11.6. The third kappa shape index (κ3) is 4.21. The fourth-order valence-electron chi connectivity index (χ4n) is 4.48. The van der Waals surface area contributed by atoms with Crippen molar-refractivity contribution in [1.82, 2.24) is 15.6 Å². The number of benzene rings is 1. The number of amides is 2. The zero-order valence-corrected chi connectivity index (χ0v) is 21.5. The van der Waals surface area contributed by atoms with Crippen LogP contribution in [0, 0.1) is 0 Å². The van der Waals surface area contributed by atoms with Gasteiger partial charge in [-0.1, -0.05) is 0 Å². The molecule has 0 radical (unpaired) electrons. The molecule has 0 aliphatic carbocycles. The minimum atomic E-state index is -3.51. The van der Waals surface area contributed by atoms with Crippen molar-refractivity contribution in [3.05, 3.63) is 41.4 Å². The van der Waals surface area contributed by atoms with Crippen molar-refractivity contribution in [3.63, 3.8) is 0 Å². The number of piperidine rings is 1. The Morgan fingerprint density at radius 3 is 2.63 bits per heavy atom. The number of pyridine rings is 1. The van der Waals surface area contributed by atoms with Crippen molar-refractivity contribution in [3.8, 4) is 0 Å². The highest BCUT2D eigenvalue weighted by Gasteiger charge is 2.34. The molecule has 2 aromatic heterocycles. The van der Waals surface area contributed by atoms with Gasteiger partial charge in [0.25, 0.3) is 0 Å². The SMILES string of the molecule is CC(C)(C)S(=O)(=O)c1ccc(N2C(=O)Nc3c(C(O)N[C@@H]4CCCNC4)sc4nccc2c34)cc1. The highest BCUT2D eigenvalue weighted by molar-refractivity contribution is 7.92. The topological polar surface area (TPSA) is 124 Å². The van der Waals surface area contributed by atoms with E-state index in [0.717, 1.165) is 31.3 Å². The lowest BCUT2D eigenvalue weighted by Crippen LogP contribution is -2.44. The third-order valence-corrected chi connectivity index (χ3v) is 10.1. The van der Waals surface area contributed by atoms with E-state index in [4.69, 9.17) is 0 Å². The van der Waals surface area contributed by atoms with Crippen LogP contribution in [0.3, 0.4) is 0 Å². The number of hydrogen-bond acceptors (Lipinski definition) is 8. The van der Waals surface area contributed by atoms with E-state index in [1.165, 1.54) is 28.4 Å². The Hall–Kier alpha value is -2.57. The van der Waals surface area contributed by atoms with Crippen LogP contribution < -0.4 is 20.9 Å². The molecule has 9 nitrogen and oxygen atoms in total. The Balaban J connectivity index is 1.51. The second-order valence-corrected chi connectivity index (χ2v) is 13.6. The number of aliphatic hydroxyl groups is 1. The predicted molar refractivity (Wildman–Crippen MR) is 138 cm³/mol. The molecular weight excluding hydrogens is 486 g/mol. The standard InChI is InChI=1S/C24H29N5O4S2/c1-24(2,3)35(32,33)16-8-6-15(7-9-16)29-17-10-12-26-22-18(17)19(28-23(29)31)20(34-22)21(30)27-14-5-4-11-25-13-14/h6-10,12,14,21,25,27,30H,4-5,11,13H2,1-3H3,(H,28,31)/t14-,21?/m1/s1. The molecule has 4 N–H and O–H groups in total. The summed E-state index contributed by atoms with van der Waals surface area (Å²) in [6, 6.07) is 7.84. The van der Waals surface area contributed by atoms with Gasteiger partial charge >= 0.3 is 6.03 Å². The average molecular weight is 516 g/mol. The van der Waals surface area contributed by atoms with Crippen molar-refractivity contribution >= 4 is 54.5 Å². The number of hydrogen-bond donors (Lipinski definition) is 4. The minimum Gasteiger partial charge on any atom is -0.373 e. The van der Waals surface area contributed by atoms with Gasteiger partial charge in [0.15, 0.2) is 9.84 Å². The van der Waals surface area contributed by atoms with Gasteiger partial charge in [-0.05, 0) is 70.5 Å². The van der Waals surface area contributed by atoms with Crippen LogP contribution in [0.1, 0.15) is 44.7 Å². The summed E-state index contributed by atoms with van der Waals surface area (Å²) >= 11 is 1.34. The van der Waals surface area contributed by atoms with Crippen LogP contribution in [0.5, 0.6) is 0 Å². The van der Waals surface area contributed by atoms with Crippen molar-refractivity contribution < 1.29 is 18.3 Å². The van der Waals surface area contributed by atoms with Crippen LogP contribution in [-0.4, -0.2) is 48.4 Å². The summed E-state index contributed by atoms with van der Waals surface area (Å²) in [5.41, 5.74) is 1.73. The molecule has 1 unspecified atom stereocenters. The summed E-state index contributed by atoms with van der Waals surface area (Å²) in [5, 5.41) is 21.2. The molecule has 0 bridgehead atoms. The normalized spacial score (nSPS) is 19.6. The Labute approximate surface area is 208 Å². The Kier molecular flexibility index (Phi) is 6.09. The van der Waals surface area contributed by atoms with Crippen molar-refractivity contribution in [2.24, 2.45) is 0 Å². The number of anilines is 3. The van der Waals surface area contributed by atoms with E-state index >= 15 is 0 Å². The number of thiophene rings is 1. The molecule has 2 aliphatic rings. The smallest absolute Gasteiger partial charge is 0.331 e. The summed E-state index contributed by atoms with van der Waals surface area (Å²) in [6.07, 6.45) is 2.71. The summed E-state index contributed by atoms with van der Waals surface area (Å²) < 4.78 is 24.7. The molecular formula is C24H29N5O4S2. The molecule has 1 fully saturated rings. The molecule has 5 rings (SSSR count). The van der Waals surface area contributed by atoms with E-state index in [9.17, 15) is 18.3 Å². The molecule has 1 saturated heterocycles. The maximum absolute atomic E-state index is 13.3. The second kappa shape index (κ2) is 8.82. The maximum atomic E-state index is 13.3. The fourth-order valence-corrected chi connectivity index (χ4v) is 6.74. The summed E-state index contributed by atoms with van der Waals surface area (Å²) in [4.78, 5) is 20.8. The van der Waals surface area contributed by atoms with Gasteiger partial charge in [-0.25, -0.2) is 18.2 Å². The number of nitrogens with zero attached hydrogens (tertiary/aromatic N) is 2.